The summed E-state index contributed by atoms with van der Waals surface area (Å²) in [7, 11) is 0. The zero-order chi connectivity index (χ0) is 14.4. The van der Waals surface area contributed by atoms with Crippen LogP contribution in [0.5, 0.6) is 0 Å². The molecule has 1 rings (SSSR count). The Bertz CT molecular complexity index is 323. The van der Waals surface area contributed by atoms with E-state index in [1.54, 1.807) is 16.7 Å². The molecule has 0 bridgehead atoms. The van der Waals surface area contributed by atoms with Crippen LogP contribution in [0.4, 0.5) is 0 Å². The predicted octanol–water partition coefficient (Wildman–Crippen LogP) is 1.52. The molecule has 1 saturated heterocycles. The average Bonchev–Trinajstić information content (AvgIpc) is 2.79. The molecule has 19 heavy (non-hydrogen) atoms. The van der Waals surface area contributed by atoms with Crippen molar-refractivity contribution in [1.29, 1.82) is 0 Å². The normalized spacial score (nSPS) is 23.1. The van der Waals surface area contributed by atoms with Gasteiger partial charge in [-0.3, -0.25) is 4.79 Å². The zero-order valence-corrected chi connectivity index (χ0v) is 12.5. The van der Waals surface area contributed by atoms with Gasteiger partial charge in [0.2, 0.25) is 5.91 Å². The number of aliphatic carboxylic acids is 1. The molecule has 1 amide bonds. The lowest BCUT2D eigenvalue weighted by molar-refractivity contribution is -0.149. The highest BCUT2D eigenvalue weighted by Gasteiger charge is 2.42. The van der Waals surface area contributed by atoms with E-state index >= 15 is 0 Å². The minimum atomic E-state index is -0.897. The first-order valence-corrected chi connectivity index (χ1v) is 7.89. The van der Waals surface area contributed by atoms with Gasteiger partial charge in [-0.15, -0.1) is 11.8 Å². The number of carbonyl (C=O) groups excluding carboxylic acids is 1. The highest BCUT2D eigenvalue weighted by Crippen LogP contribution is 2.34. The first-order valence-electron chi connectivity index (χ1n) is 6.84. The molecule has 2 atom stereocenters. The molecule has 0 aromatic rings. The van der Waals surface area contributed by atoms with Crippen LogP contribution in [-0.4, -0.2) is 45.6 Å². The molecule has 2 unspecified atom stereocenters. The number of carboxylic acids is 1. The second-order valence-corrected chi connectivity index (χ2v) is 6.37. The molecule has 0 aromatic heterocycles. The third-order valence-electron chi connectivity index (χ3n) is 3.27. The van der Waals surface area contributed by atoms with Gasteiger partial charge in [0.05, 0.1) is 5.37 Å². The van der Waals surface area contributed by atoms with E-state index in [1.807, 2.05) is 13.8 Å². The second-order valence-electron chi connectivity index (χ2n) is 5.22. The summed E-state index contributed by atoms with van der Waals surface area (Å²) in [6, 6.07) is -0.667. The molecule has 6 heteroatoms. The molecule has 3 N–H and O–H groups in total. The van der Waals surface area contributed by atoms with Gasteiger partial charge in [0.1, 0.15) is 6.04 Å². The zero-order valence-electron chi connectivity index (χ0n) is 11.7. The Balaban J connectivity index is 2.62. The smallest absolute Gasteiger partial charge is 0.327 e. The molecule has 0 aliphatic carbocycles. The van der Waals surface area contributed by atoms with Gasteiger partial charge in [-0.2, -0.15) is 0 Å². The maximum absolute atomic E-state index is 12.3. The fourth-order valence-electron chi connectivity index (χ4n) is 2.27. The van der Waals surface area contributed by atoms with Crippen molar-refractivity contribution in [3.63, 3.8) is 0 Å². The number of hydrogen-bond acceptors (Lipinski definition) is 4. The summed E-state index contributed by atoms with van der Waals surface area (Å²) in [6.07, 6.45) is 3.05. The monoisotopic (exact) mass is 288 g/mol. The first-order chi connectivity index (χ1) is 8.99. The molecule has 5 nitrogen and oxygen atoms in total. The van der Waals surface area contributed by atoms with Gasteiger partial charge in [0.25, 0.3) is 0 Å². The van der Waals surface area contributed by atoms with Crippen LogP contribution in [0.1, 0.15) is 39.5 Å². The fraction of sp³-hybridized carbons (Fsp3) is 0.846. The number of nitrogens with two attached hydrogens (primary N) is 1. The largest absolute Gasteiger partial charge is 0.480 e. The molecular formula is C13H24N2O3S. The quantitative estimate of drug-likeness (QED) is 0.694. The van der Waals surface area contributed by atoms with Crippen molar-refractivity contribution in [2.75, 3.05) is 12.3 Å². The van der Waals surface area contributed by atoms with Crippen LogP contribution in [0.2, 0.25) is 0 Å². The Kier molecular flexibility index (Phi) is 6.65. The van der Waals surface area contributed by atoms with Gasteiger partial charge in [-0.1, -0.05) is 20.3 Å². The number of amides is 1. The Morgan fingerprint density at radius 1 is 1.37 bits per heavy atom. The van der Waals surface area contributed by atoms with E-state index in [-0.39, 0.29) is 17.2 Å². The number of hydrogen-bond donors (Lipinski definition) is 2. The third-order valence-corrected chi connectivity index (χ3v) is 4.89. The predicted molar refractivity (Wildman–Crippen MR) is 76.9 cm³/mol. The van der Waals surface area contributed by atoms with Crippen LogP contribution in [0, 0.1) is 5.92 Å². The van der Waals surface area contributed by atoms with E-state index in [1.165, 1.54) is 0 Å². The van der Waals surface area contributed by atoms with Crippen LogP contribution in [0.15, 0.2) is 0 Å². The van der Waals surface area contributed by atoms with E-state index in [2.05, 4.69) is 0 Å². The van der Waals surface area contributed by atoms with E-state index in [0.717, 1.165) is 19.3 Å². The molecule has 110 valence electrons. The molecule has 1 aliphatic heterocycles. The van der Waals surface area contributed by atoms with E-state index in [9.17, 15) is 14.7 Å². The summed E-state index contributed by atoms with van der Waals surface area (Å²) in [4.78, 5) is 25.1. The third kappa shape index (κ3) is 4.38. The van der Waals surface area contributed by atoms with Crippen LogP contribution < -0.4 is 5.73 Å². The molecule has 0 radical (unpaired) electrons. The maximum Gasteiger partial charge on any atom is 0.327 e. The lowest BCUT2D eigenvalue weighted by Gasteiger charge is -2.29. The van der Waals surface area contributed by atoms with Gasteiger partial charge < -0.3 is 15.7 Å². The average molecular weight is 288 g/mol. The fourth-order valence-corrected chi connectivity index (χ4v) is 3.77. The van der Waals surface area contributed by atoms with E-state index < -0.39 is 12.0 Å². The molecule has 0 spiro atoms. The van der Waals surface area contributed by atoms with Gasteiger partial charge in [-0.05, 0) is 25.3 Å². The summed E-state index contributed by atoms with van der Waals surface area (Å²) in [5, 5.41) is 9.21. The Labute approximate surface area is 118 Å². The summed E-state index contributed by atoms with van der Waals surface area (Å²) >= 11 is 1.57. The molecule has 1 heterocycles. The van der Waals surface area contributed by atoms with Crippen LogP contribution in [0.3, 0.4) is 0 Å². The minimum Gasteiger partial charge on any atom is -0.480 e. The Morgan fingerprint density at radius 2 is 2.05 bits per heavy atom. The molecular weight excluding hydrogens is 264 g/mol. The van der Waals surface area contributed by atoms with Crippen LogP contribution in [0.25, 0.3) is 0 Å². The summed E-state index contributed by atoms with van der Waals surface area (Å²) in [5.41, 5.74) is 5.41. The molecule has 0 saturated carbocycles. The maximum atomic E-state index is 12.3. The highest BCUT2D eigenvalue weighted by molar-refractivity contribution is 8.00. The number of thioether (sulfide) groups is 1. The van der Waals surface area contributed by atoms with Crippen molar-refractivity contribution in [2.45, 2.75) is 50.9 Å². The lowest BCUT2D eigenvalue weighted by atomic mass is 10.1. The first kappa shape index (κ1) is 16.3. The van der Waals surface area contributed by atoms with Crippen molar-refractivity contribution in [3.05, 3.63) is 0 Å². The Hall–Kier alpha value is -0.750. The summed E-state index contributed by atoms with van der Waals surface area (Å²) < 4.78 is 0. The summed E-state index contributed by atoms with van der Waals surface area (Å²) in [5.74, 6) is -0.173. The topological polar surface area (TPSA) is 83.6 Å². The summed E-state index contributed by atoms with van der Waals surface area (Å²) in [6.45, 7) is 4.69. The van der Waals surface area contributed by atoms with Gasteiger partial charge in [-0.25, -0.2) is 4.79 Å². The van der Waals surface area contributed by atoms with Crippen molar-refractivity contribution < 1.29 is 14.7 Å². The second kappa shape index (κ2) is 7.75. The van der Waals surface area contributed by atoms with Gasteiger partial charge in [0.15, 0.2) is 0 Å². The van der Waals surface area contributed by atoms with E-state index in [4.69, 9.17) is 5.73 Å². The van der Waals surface area contributed by atoms with Gasteiger partial charge >= 0.3 is 5.97 Å². The van der Waals surface area contributed by atoms with Crippen molar-refractivity contribution in [1.82, 2.24) is 4.90 Å². The number of unbranched alkanes of at least 4 members (excludes halogenated alkanes) is 2. The number of rotatable bonds is 7. The van der Waals surface area contributed by atoms with E-state index in [0.29, 0.717) is 18.7 Å². The Morgan fingerprint density at radius 3 is 2.58 bits per heavy atom. The van der Waals surface area contributed by atoms with Crippen molar-refractivity contribution in [2.24, 2.45) is 11.7 Å². The van der Waals surface area contributed by atoms with Crippen LogP contribution >= 0.6 is 11.8 Å². The van der Waals surface area contributed by atoms with Crippen molar-refractivity contribution in [3.8, 4) is 0 Å². The number of carbonyl (C=O) groups is 2. The SMILES string of the molecule is CC(C)C1SCC(C(=O)O)N1C(=O)CCCCCN. The minimum absolute atomic E-state index is 0.0110. The molecule has 0 aromatic carbocycles. The lowest BCUT2D eigenvalue weighted by Crippen LogP contribution is -2.47. The molecule has 1 fully saturated rings. The van der Waals surface area contributed by atoms with Gasteiger partial charge in [0, 0.05) is 12.2 Å². The highest BCUT2D eigenvalue weighted by atomic mass is 32.2. The van der Waals surface area contributed by atoms with Crippen molar-refractivity contribution >= 4 is 23.6 Å². The standard InChI is InChI=1S/C13H24N2O3S/c1-9(2)12-15(10(8-19-12)13(17)18)11(16)6-4-3-5-7-14/h9-10,12H,3-8,14H2,1-2H3,(H,17,18). The van der Waals surface area contributed by atoms with Crippen LogP contribution in [-0.2, 0) is 9.59 Å². The number of nitrogens with zero attached hydrogens (tertiary/aromatic N) is 1. The number of carboxylic acid groups (broad SMARTS) is 1. The molecule has 1 aliphatic rings.